The number of carbonyl (C=O) groups excluding carboxylic acids is 1. The van der Waals surface area contributed by atoms with Gasteiger partial charge in [0.2, 0.25) is 0 Å². The van der Waals surface area contributed by atoms with Crippen LogP contribution in [0, 0.1) is 6.92 Å². The van der Waals surface area contributed by atoms with Crippen LogP contribution in [0.3, 0.4) is 0 Å². The Morgan fingerprint density at radius 3 is 2.70 bits per heavy atom. The second kappa shape index (κ2) is 5.61. The van der Waals surface area contributed by atoms with Gasteiger partial charge < -0.3 is 15.3 Å². The molecule has 1 aromatic carbocycles. The number of aromatic hydroxyl groups is 1. The fourth-order valence-corrected chi connectivity index (χ4v) is 1.95. The summed E-state index contributed by atoms with van der Waals surface area (Å²) in [4.78, 5) is 17.8. The van der Waals surface area contributed by atoms with E-state index in [1.54, 1.807) is 0 Å². The van der Waals surface area contributed by atoms with Crippen molar-refractivity contribution in [1.29, 1.82) is 0 Å². The van der Waals surface area contributed by atoms with Crippen molar-refractivity contribution in [3.05, 3.63) is 47.8 Å². The largest absolute Gasteiger partial charge is 0.505 e. The Hall–Kier alpha value is -2.56. The molecule has 104 valence electrons. The smallest absolute Gasteiger partial charge is 0.259 e. The monoisotopic (exact) mass is 271 g/mol. The van der Waals surface area contributed by atoms with Crippen molar-refractivity contribution in [3.8, 4) is 5.75 Å². The van der Waals surface area contributed by atoms with E-state index in [0.29, 0.717) is 5.69 Å². The third-order valence-corrected chi connectivity index (χ3v) is 2.99. The van der Waals surface area contributed by atoms with Gasteiger partial charge in [-0.25, -0.2) is 0 Å². The zero-order valence-corrected chi connectivity index (χ0v) is 11.7. The van der Waals surface area contributed by atoms with Crippen molar-refractivity contribution >= 4 is 17.3 Å². The fraction of sp³-hybridized carbons (Fsp3) is 0.200. The van der Waals surface area contributed by atoms with Crippen molar-refractivity contribution in [3.63, 3.8) is 0 Å². The number of hydrogen-bond donors (Lipinski definition) is 2. The Labute approximate surface area is 117 Å². The molecule has 0 spiro atoms. The minimum atomic E-state index is -0.363. The van der Waals surface area contributed by atoms with E-state index >= 15 is 0 Å². The predicted molar refractivity (Wildman–Crippen MR) is 79.4 cm³/mol. The molecule has 1 amide bonds. The predicted octanol–water partition coefficient (Wildman–Crippen LogP) is 2.41. The maximum atomic E-state index is 12.1. The van der Waals surface area contributed by atoms with E-state index in [1.807, 2.05) is 44.1 Å². The molecular weight excluding hydrogens is 254 g/mol. The van der Waals surface area contributed by atoms with Crippen LogP contribution in [0.2, 0.25) is 0 Å². The molecule has 5 nitrogen and oxygen atoms in total. The van der Waals surface area contributed by atoms with Gasteiger partial charge in [0.1, 0.15) is 5.75 Å². The van der Waals surface area contributed by atoms with E-state index in [0.717, 1.165) is 11.3 Å². The molecule has 1 heterocycles. The van der Waals surface area contributed by atoms with Crippen molar-refractivity contribution in [2.24, 2.45) is 0 Å². The average molecular weight is 271 g/mol. The van der Waals surface area contributed by atoms with Crippen LogP contribution in [0.5, 0.6) is 5.75 Å². The first-order chi connectivity index (χ1) is 9.49. The summed E-state index contributed by atoms with van der Waals surface area (Å²) in [6.45, 7) is 2.01. The Bertz CT molecular complexity index is 639. The first kappa shape index (κ1) is 13.9. The second-order valence-corrected chi connectivity index (χ2v) is 4.74. The molecule has 5 heteroatoms. The molecule has 0 aliphatic heterocycles. The molecular formula is C15H17N3O2. The maximum absolute atomic E-state index is 12.1. The normalized spacial score (nSPS) is 10.2. The number of carbonyl (C=O) groups is 1. The maximum Gasteiger partial charge on any atom is 0.259 e. The molecule has 0 fully saturated rings. The Morgan fingerprint density at radius 1 is 1.30 bits per heavy atom. The molecule has 20 heavy (non-hydrogen) atoms. The van der Waals surface area contributed by atoms with E-state index in [2.05, 4.69) is 10.3 Å². The highest BCUT2D eigenvalue weighted by Crippen LogP contribution is 2.23. The van der Waals surface area contributed by atoms with Crippen LogP contribution in [0.4, 0.5) is 11.4 Å². The zero-order chi connectivity index (χ0) is 14.7. The molecule has 0 saturated heterocycles. The van der Waals surface area contributed by atoms with E-state index in [1.165, 1.54) is 18.5 Å². The fourth-order valence-electron chi connectivity index (χ4n) is 1.95. The minimum Gasteiger partial charge on any atom is -0.505 e. The summed E-state index contributed by atoms with van der Waals surface area (Å²) in [7, 11) is 3.89. The number of aryl methyl sites for hydroxylation is 1. The number of rotatable bonds is 3. The Kier molecular flexibility index (Phi) is 3.89. The van der Waals surface area contributed by atoms with Crippen molar-refractivity contribution in [2.45, 2.75) is 6.92 Å². The topological polar surface area (TPSA) is 65.5 Å². The van der Waals surface area contributed by atoms with Crippen LogP contribution in [0.1, 0.15) is 15.9 Å². The van der Waals surface area contributed by atoms with Gasteiger partial charge in [0.05, 0.1) is 11.8 Å². The van der Waals surface area contributed by atoms with E-state index in [-0.39, 0.29) is 17.2 Å². The lowest BCUT2D eigenvalue weighted by Crippen LogP contribution is -2.14. The molecule has 0 saturated carbocycles. The van der Waals surface area contributed by atoms with Gasteiger partial charge in [-0.05, 0) is 30.7 Å². The third kappa shape index (κ3) is 2.88. The number of benzene rings is 1. The summed E-state index contributed by atoms with van der Waals surface area (Å²) >= 11 is 0. The number of amides is 1. The van der Waals surface area contributed by atoms with Crippen LogP contribution in [0.15, 0.2) is 36.7 Å². The molecule has 2 rings (SSSR count). The summed E-state index contributed by atoms with van der Waals surface area (Å²) in [5, 5.41) is 12.4. The molecule has 2 aromatic rings. The van der Waals surface area contributed by atoms with Crippen molar-refractivity contribution < 1.29 is 9.90 Å². The van der Waals surface area contributed by atoms with Crippen molar-refractivity contribution in [1.82, 2.24) is 4.98 Å². The average Bonchev–Trinajstić information content (AvgIpc) is 2.41. The van der Waals surface area contributed by atoms with E-state index < -0.39 is 0 Å². The first-order valence-electron chi connectivity index (χ1n) is 6.21. The standard InChI is InChI=1S/C15H17N3O2/c1-10-4-5-11(8-13(10)18(2)3)17-15(20)12-6-7-16-9-14(12)19/h4-9,19H,1-3H3,(H,17,20). The molecule has 1 aromatic heterocycles. The third-order valence-electron chi connectivity index (χ3n) is 2.99. The van der Waals surface area contributed by atoms with Crippen LogP contribution in [0.25, 0.3) is 0 Å². The van der Waals surface area contributed by atoms with Gasteiger partial charge in [0.25, 0.3) is 5.91 Å². The van der Waals surface area contributed by atoms with Gasteiger partial charge in [-0.1, -0.05) is 6.07 Å². The number of nitrogens with zero attached hydrogens (tertiary/aromatic N) is 2. The van der Waals surface area contributed by atoms with Crippen LogP contribution >= 0.6 is 0 Å². The Balaban J connectivity index is 2.25. The molecule has 0 aliphatic rings. The molecule has 2 N–H and O–H groups in total. The highest BCUT2D eigenvalue weighted by atomic mass is 16.3. The number of pyridine rings is 1. The van der Waals surface area contributed by atoms with Crippen molar-refractivity contribution in [2.75, 3.05) is 24.3 Å². The second-order valence-electron chi connectivity index (χ2n) is 4.74. The highest BCUT2D eigenvalue weighted by Gasteiger charge is 2.11. The molecule has 0 radical (unpaired) electrons. The Morgan fingerprint density at radius 2 is 2.05 bits per heavy atom. The lowest BCUT2D eigenvalue weighted by atomic mass is 10.1. The van der Waals surface area contributed by atoms with E-state index in [9.17, 15) is 9.90 Å². The number of hydrogen-bond acceptors (Lipinski definition) is 4. The van der Waals surface area contributed by atoms with Crippen LogP contribution in [-0.2, 0) is 0 Å². The first-order valence-corrected chi connectivity index (χ1v) is 6.21. The summed E-state index contributed by atoms with van der Waals surface area (Å²) in [6, 6.07) is 7.15. The zero-order valence-electron chi connectivity index (χ0n) is 11.7. The molecule has 0 bridgehead atoms. The van der Waals surface area contributed by atoms with Gasteiger partial charge >= 0.3 is 0 Å². The summed E-state index contributed by atoms with van der Waals surface area (Å²) in [5.74, 6) is -0.497. The van der Waals surface area contributed by atoms with Gasteiger partial charge in [-0.15, -0.1) is 0 Å². The van der Waals surface area contributed by atoms with Gasteiger partial charge in [0, 0.05) is 31.7 Å². The lowest BCUT2D eigenvalue weighted by molar-refractivity contribution is 0.102. The molecule has 0 unspecified atom stereocenters. The SMILES string of the molecule is Cc1ccc(NC(=O)c2ccncc2O)cc1N(C)C. The minimum absolute atomic E-state index is 0.134. The molecule has 0 aliphatic carbocycles. The highest BCUT2D eigenvalue weighted by molar-refractivity contribution is 6.06. The van der Waals surface area contributed by atoms with Gasteiger partial charge in [-0.3, -0.25) is 9.78 Å². The summed E-state index contributed by atoms with van der Waals surface area (Å²) in [6.07, 6.45) is 2.71. The lowest BCUT2D eigenvalue weighted by Gasteiger charge is -2.17. The van der Waals surface area contributed by atoms with Crippen LogP contribution in [-0.4, -0.2) is 30.1 Å². The van der Waals surface area contributed by atoms with Gasteiger partial charge in [-0.2, -0.15) is 0 Å². The number of anilines is 2. The van der Waals surface area contributed by atoms with Crippen LogP contribution < -0.4 is 10.2 Å². The van der Waals surface area contributed by atoms with Gasteiger partial charge in [0.15, 0.2) is 0 Å². The number of nitrogens with one attached hydrogen (secondary N) is 1. The quantitative estimate of drug-likeness (QED) is 0.899. The number of aromatic nitrogens is 1. The summed E-state index contributed by atoms with van der Waals surface area (Å²) < 4.78 is 0. The van der Waals surface area contributed by atoms with E-state index in [4.69, 9.17) is 0 Å². The molecule has 0 atom stereocenters. The summed E-state index contributed by atoms with van der Waals surface area (Å²) in [5.41, 5.74) is 3.04.